The first kappa shape index (κ1) is 12.0. The van der Waals surface area contributed by atoms with Gasteiger partial charge in [0.1, 0.15) is 5.82 Å². The van der Waals surface area contributed by atoms with Crippen LogP contribution >= 0.6 is 0 Å². The molecule has 0 saturated carbocycles. The minimum atomic E-state index is -0.112. The number of nitrogens with one attached hydrogen (secondary N) is 1. The topological polar surface area (TPSA) is 76.7 Å². The Morgan fingerprint density at radius 3 is 2.73 bits per heavy atom. The maximum atomic E-state index is 11.4. The van der Waals surface area contributed by atoms with Crippen LogP contribution in [0.15, 0.2) is 4.79 Å². The third kappa shape index (κ3) is 3.20. The van der Waals surface area contributed by atoms with Crippen LogP contribution in [0.3, 0.4) is 0 Å². The molecule has 5 nitrogen and oxygen atoms in total. The summed E-state index contributed by atoms with van der Waals surface area (Å²) in [5.74, 6) is 0.854. The second-order valence-corrected chi connectivity index (χ2v) is 4.01. The number of hydrogen-bond acceptors (Lipinski definition) is 3. The lowest BCUT2D eigenvalue weighted by molar-refractivity contribution is 0.539. The monoisotopic (exact) mass is 212 g/mol. The summed E-state index contributed by atoms with van der Waals surface area (Å²) >= 11 is 0. The molecule has 0 fully saturated rings. The van der Waals surface area contributed by atoms with Crippen LogP contribution in [0.5, 0.6) is 0 Å². The van der Waals surface area contributed by atoms with E-state index in [2.05, 4.69) is 10.2 Å². The van der Waals surface area contributed by atoms with E-state index in [9.17, 15) is 4.79 Å². The van der Waals surface area contributed by atoms with Crippen molar-refractivity contribution in [2.75, 3.05) is 6.54 Å². The van der Waals surface area contributed by atoms with Gasteiger partial charge in [-0.05, 0) is 33.2 Å². The number of aromatic nitrogens is 3. The van der Waals surface area contributed by atoms with E-state index in [1.165, 1.54) is 0 Å². The molecule has 1 heterocycles. The van der Waals surface area contributed by atoms with Crippen molar-refractivity contribution in [2.45, 2.75) is 45.6 Å². The average molecular weight is 212 g/mol. The number of aryl methyl sites for hydroxylation is 1. The maximum absolute atomic E-state index is 11.4. The Hall–Kier alpha value is -1.10. The molecule has 0 atom stereocenters. The van der Waals surface area contributed by atoms with E-state index in [4.69, 9.17) is 5.73 Å². The molecule has 0 aromatic carbocycles. The second-order valence-electron chi connectivity index (χ2n) is 4.01. The van der Waals surface area contributed by atoms with Crippen LogP contribution in [0.1, 0.15) is 45.0 Å². The number of nitrogens with two attached hydrogens (primary N) is 1. The van der Waals surface area contributed by atoms with E-state index in [0.29, 0.717) is 0 Å². The molecule has 0 unspecified atom stereocenters. The molecule has 86 valence electrons. The molecule has 0 bridgehead atoms. The van der Waals surface area contributed by atoms with Crippen LogP contribution in [-0.2, 0) is 6.42 Å². The zero-order valence-electron chi connectivity index (χ0n) is 9.49. The highest BCUT2D eigenvalue weighted by Gasteiger charge is 2.10. The fourth-order valence-electron chi connectivity index (χ4n) is 1.65. The number of rotatable bonds is 6. The van der Waals surface area contributed by atoms with Crippen molar-refractivity contribution < 1.29 is 0 Å². The van der Waals surface area contributed by atoms with Gasteiger partial charge in [-0.25, -0.2) is 9.89 Å². The van der Waals surface area contributed by atoms with Crippen molar-refractivity contribution in [2.24, 2.45) is 5.73 Å². The zero-order valence-corrected chi connectivity index (χ0v) is 9.49. The smallest absolute Gasteiger partial charge is 0.330 e. The predicted octanol–water partition coefficient (Wildman–Crippen LogP) is 0.824. The fourth-order valence-corrected chi connectivity index (χ4v) is 1.65. The van der Waals surface area contributed by atoms with Crippen molar-refractivity contribution in [3.63, 3.8) is 0 Å². The molecule has 1 aromatic heterocycles. The summed E-state index contributed by atoms with van der Waals surface area (Å²) in [4.78, 5) is 11.4. The van der Waals surface area contributed by atoms with E-state index in [1.807, 2.05) is 13.8 Å². The Balaban J connectivity index is 2.57. The first-order valence-corrected chi connectivity index (χ1v) is 5.52. The lowest BCUT2D eigenvalue weighted by atomic mass is 10.2. The van der Waals surface area contributed by atoms with Gasteiger partial charge >= 0.3 is 5.69 Å². The first-order chi connectivity index (χ1) is 7.16. The van der Waals surface area contributed by atoms with E-state index in [1.54, 1.807) is 4.57 Å². The highest BCUT2D eigenvalue weighted by atomic mass is 16.1. The van der Waals surface area contributed by atoms with Crippen molar-refractivity contribution in [3.8, 4) is 0 Å². The minimum absolute atomic E-state index is 0.112. The molecule has 1 aromatic rings. The Kier molecular flexibility index (Phi) is 4.55. The number of aromatic amines is 1. The molecule has 0 amide bonds. The molecular formula is C10H20N4O. The summed E-state index contributed by atoms with van der Waals surface area (Å²) in [5.41, 5.74) is 5.30. The molecule has 0 aliphatic carbocycles. The Morgan fingerprint density at radius 2 is 2.13 bits per heavy atom. The average Bonchev–Trinajstić information content (AvgIpc) is 2.54. The molecule has 0 aliphatic rings. The zero-order chi connectivity index (χ0) is 11.3. The van der Waals surface area contributed by atoms with Crippen molar-refractivity contribution >= 4 is 0 Å². The van der Waals surface area contributed by atoms with Gasteiger partial charge in [0, 0.05) is 12.5 Å². The molecule has 15 heavy (non-hydrogen) atoms. The van der Waals surface area contributed by atoms with Crippen LogP contribution in [0, 0.1) is 0 Å². The van der Waals surface area contributed by atoms with Crippen molar-refractivity contribution in [1.29, 1.82) is 0 Å². The van der Waals surface area contributed by atoms with Gasteiger partial charge in [0.05, 0.1) is 0 Å². The maximum Gasteiger partial charge on any atom is 0.343 e. The summed E-state index contributed by atoms with van der Waals surface area (Å²) in [6, 6.07) is 0.167. The quantitative estimate of drug-likeness (QED) is 0.685. The van der Waals surface area contributed by atoms with Crippen LogP contribution in [0.4, 0.5) is 0 Å². The van der Waals surface area contributed by atoms with E-state index < -0.39 is 0 Å². The van der Waals surface area contributed by atoms with Crippen LogP contribution in [0.2, 0.25) is 0 Å². The highest BCUT2D eigenvalue weighted by molar-refractivity contribution is 4.88. The van der Waals surface area contributed by atoms with E-state index in [0.717, 1.165) is 38.1 Å². The SMILES string of the molecule is CC(C)n1c(CCCCCN)n[nH]c1=O. The second kappa shape index (κ2) is 5.70. The summed E-state index contributed by atoms with van der Waals surface area (Å²) in [6.07, 6.45) is 4.01. The van der Waals surface area contributed by atoms with Crippen molar-refractivity contribution in [3.05, 3.63) is 16.3 Å². The third-order valence-electron chi connectivity index (χ3n) is 2.40. The van der Waals surface area contributed by atoms with Crippen molar-refractivity contribution in [1.82, 2.24) is 14.8 Å². The molecule has 3 N–H and O–H groups in total. The van der Waals surface area contributed by atoms with Crippen LogP contribution in [0.25, 0.3) is 0 Å². The highest BCUT2D eigenvalue weighted by Crippen LogP contribution is 2.07. The largest absolute Gasteiger partial charge is 0.343 e. The van der Waals surface area contributed by atoms with E-state index in [-0.39, 0.29) is 11.7 Å². The Morgan fingerprint density at radius 1 is 1.40 bits per heavy atom. The van der Waals surface area contributed by atoms with Gasteiger partial charge in [-0.1, -0.05) is 6.42 Å². The number of unbranched alkanes of at least 4 members (excludes halogenated alkanes) is 2. The molecule has 5 heteroatoms. The first-order valence-electron chi connectivity index (χ1n) is 5.52. The number of hydrogen-bond donors (Lipinski definition) is 2. The van der Waals surface area contributed by atoms with Gasteiger partial charge in [-0.3, -0.25) is 4.57 Å². The van der Waals surface area contributed by atoms with Gasteiger partial charge in [0.15, 0.2) is 0 Å². The summed E-state index contributed by atoms with van der Waals surface area (Å²) in [7, 11) is 0. The molecule has 0 aliphatic heterocycles. The number of H-pyrrole nitrogens is 1. The van der Waals surface area contributed by atoms with Gasteiger partial charge < -0.3 is 5.73 Å². The molecule has 0 spiro atoms. The predicted molar refractivity (Wildman–Crippen MR) is 59.8 cm³/mol. The lowest BCUT2D eigenvalue weighted by Crippen LogP contribution is -2.20. The van der Waals surface area contributed by atoms with Gasteiger partial charge in [-0.15, -0.1) is 0 Å². The van der Waals surface area contributed by atoms with Gasteiger partial charge in [0.2, 0.25) is 0 Å². The minimum Gasteiger partial charge on any atom is -0.330 e. The lowest BCUT2D eigenvalue weighted by Gasteiger charge is -2.08. The number of nitrogens with zero attached hydrogens (tertiary/aromatic N) is 2. The van der Waals surface area contributed by atoms with Crippen LogP contribution in [-0.4, -0.2) is 21.3 Å². The summed E-state index contributed by atoms with van der Waals surface area (Å²) < 4.78 is 1.71. The van der Waals surface area contributed by atoms with Gasteiger partial charge in [-0.2, -0.15) is 5.10 Å². The van der Waals surface area contributed by atoms with Gasteiger partial charge in [0.25, 0.3) is 0 Å². The van der Waals surface area contributed by atoms with E-state index >= 15 is 0 Å². The molecule has 1 rings (SSSR count). The normalized spacial score (nSPS) is 11.2. The molecule has 0 radical (unpaired) electrons. The fraction of sp³-hybridized carbons (Fsp3) is 0.800. The Labute approximate surface area is 89.7 Å². The Bertz CT molecular complexity index is 339. The third-order valence-corrected chi connectivity index (χ3v) is 2.40. The molecule has 0 saturated heterocycles. The summed E-state index contributed by atoms with van der Waals surface area (Å²) in [5, 5.41) is 6.52. The molecular weight excluding hydrogens is 192 g/mol. The van der Waals surface area contributed by atoms with Crippen LogP contribution < -0.4 is 11.4 Å². The summed E-state index contributed by atoms with van der Waals surface area (Å²) in [6.45, 7) is 4.71. The standard InChI is InChI=1S/C10H20N4O/c1-8(2)14-9(12-13-10(14)15)6-4-3-5-7-11/h8H,3-7,11H2,1-2H3,(H,13,15).